The van der Waals surface area contributed by atoms with Gasteiger partial charge in [0.25, 0.3) is 0 Å². The van der Waals surface area contributed by atoms with Gasteiger partial charge in [0.05, 0.1) is 5.02 Å². The van der Waals surface area contributed by atoms with Gasteiger partial charge in [-0.1, -0.05) is 23.7 Å². The lowest BCUT2D eigenvalue weighted by molar-refractivity contribution is 0.698. The molecule has 11 heavy (non-hydrogen) atoms. The van der Waals surface area contributed by atoms with Gasteiger partial charge in [0.1, 0.15) is 5.69 Å². The monoisotopic (exact) mass is 187 g/mol. The number of hydrogen-bond acceptors (Lipinski definition) is 2. The highest BCUT2D eigenvalue weighted by Crippen LogP contribution is 2.27. The molecule has 4 heteroatoms. The van der Waals surface area contributed by atoms with Crippen LogP contribution in [0.15, 0.2) is 22.6 Å². The summed E-state index contributed by atoms with van der Waals surface area (Å²) in [7, 11) is 0. The second-order valence-electron chi connectivity index (χ2n) is 2.07. The van der Waals surface area contributed by atoms with E-state index in [4.69, 9.17) is 11.6 Å². The molecule has 0 fully saturated rings. The second-order valence-corrected chi connectivity index (χ2v) is 2.81. The summed E-state index contributed by atoms with van der Waals surface area (Å²) >= 11 is 5.94. The fourth-order valence-electron chi connectivity index (χ4n) is 0.776. The van der Waals surface area contributed by atoms with E-state index in [1.54, 1.807) is 6.07 Å². The standard InChI is InChI=1S/C7H6ClNOS/c1-5-3-2-4-6(8)7(5)9-11-10/h2-4H,1H3. The minimum absolute atomic E-state index is 0.174. The largest absolute Gasteiger partial charge is 0.205 e. The quantitative estimate of drug-likeness (QED) is 0.665. The second kappa shape index (κ2) is 3.64. The minimum atomic E-state index is 0.174. The SMILES string of the molecule is Cc1cccc(Cl)c1N=S=O. The van der Waals surface area contributed by atoms with Crippen LogP contribution in [0.25, 0.3) is 0 Å². The van der Waals surface area contributed by atoms with Gasteiger partial charge < -0.3 is 0 Å². The Hall–Kier alpha value is -0.670. The van der Waals surface area contributed by atoms with Crippen LogP contribution in [0.1, 0.15) is 5.56 Å². The summed E-state index contributed by atoms with van der Waals surface area (Å²) in [4.78, 5) is 0. The maximum atomic E-state index is 10.1. The molecule has 1 aromatic rings. The molecule has 0 amide bonds. The van der Waals surface area contributed by atoms with Crippen molar-refractivity contribution in [3.05, 3.63) is 28.8 Å². The lowest BCUT2D eigenvalue weighted by Crippen LogP contribution is -1.73. The van der Waals surface area contributed by atoms with E-state index < -0.39 is 0 Å². The summed E-state index contributed by atoms with van der Waals surface area (Å²) in [6.45, 7) is 1.86. The minimum Gasteiger partial charge on any atom is -0.191 e. The third-order valence-electron chi connectivity index (χ3n) is 1.32. The lowest BCUT2D eigenvalue weighted by Gasteiger charge is -1.97. The molecule has 0 aliphatic heterocycles. The van der Waals surface area contributed by atoms with Gasteiger partial charge in [-0.15, -0.1) is 0 Å². The van der Waals surface area contributed by atoms with E-state index in [0.717, 1.165) is 5.56 Å². The maximum absolute atomic E-state index is 10.1. The van der Waals surface area contributed by atoms with E-state index in [1.807, 2.05) is 19.1 Å². The molecule has 1 rings (SSSR count). The number of rotatable bonds is 1. The molecule has 1 aromatic carbocycles. The molecule has 0 aromatic heterocycles. The fraction of sp³-hybridized carbons (Fsp3) is 0.143. The van der Waals surface area contributed by atoms with E-state index in [2.05, 4.69) is 4.36 Å². The van der Waals surface area contributed by atoms with Crippen LogP contribution in [-0.2, 0) is 11.5 Å². The maximum Gasteiger partial charge on any atom is 0.205 e. The molecule has 2 nitrogen and oxygen atoms in total. The molecule has 0 spiro atoms. The van der Waals surface area contributed by atoms with Gasteiger partial charge >= 0.3 is 0 Å². The Balaban J connectivity index is 3.31. The summed E-state index contributed by atoms with van der Waals surface area (Å²) in [6.07, 6.45) is 0. The third-order valence-corrected chi connectivity index (χ3v) is 1.88. The van der Waals surface area contributed by atoms with Crippen LogP contribution in [0.3, 0.4) is 0 Å². The zero-order chi connectivity index (χ0) is 8.27. The van der Waals surface area contributed by atoms with Gasteiger partial charge in [0.2, 0.25) is 11.5 Å². The Kier molecular flexibility index (Phi) is 2.79. The molecule has 0 N–H and O–H groups in total. The van der Waals surface area contributed by atoms with Crippen molar-refractivity contribution in [2.24, 2.45) is 4.36 Å². The van der Waals surface area contributed by atoms with Crippen LogP contribution >= 0.6 is 11.6 Å². The zero-order valence-electron chi connectivity index (χ0n) is 5.87. The highest BCUT2D eigenvalue weighted by atomic mass is 35.5. The van der Waals surface area contributed by atoms with E-state index in [1.165, 1.54) is 0 Å². The Morgan fingerprint density at radius 3 is 2.82 bits per heavy atom. The predicted octanol–water partition coefficient (Wildman–Crippen LogP) is 2.68. The Labute approximate surface area is 73.4 Å². The molecule has 0 bridgehead atoms. The molecule has 58 valence electrons. The fourth-order valence-corrected chi connectivity index (χ4v) is 1.41. The van der Waals surface area contributed by atoms with Crippen molar-refractivity contribution in [3.63, 3.8) is 0 Å². The van der Waals surface area contributed by atoms with Crippen molar-refractivity contribution in [1.82, 2.24) is 0 Å². The molecule has 0 saturated carbocycles. The van der Waals surface area contributed by atoms with E-state index in [-0.39, 0.29) is 11.5 Å². The number of aryl methyl sites for hydroxylation is 1. The van der Waals surface area contributed by atoms with Crippen molar-refractivity contribution in [1.29, 1.82) is 0 Å². The molecule has 0 saturated heterocycles. The van der Waals surface area contributed by atoms with Gasteiger partial charge in [-0.3, -0.25) is 0 Å². The van der Waals surface area contributed by atoms with Gasteiger partial charge in [-0.05, 0) is 18.6 Å². The summed E-state index contributed by atoms with van der Waals surface area (Å²) in [5.41, 5.74) is 1.50. The smallest absolute Gasteiger partial charge is 0.191 e. The molecule has 0 radical (unpaired) electrons. The first kappa shape index (κ1) is 8.43. The zero-order valence-corrected chi connectivity index (χ0v) is 7.45. The molecular formula is C7H6ClNOS. The van der Waals surface area contributed by atoms with Crippen LogP contribution in [0, 0.1) is 6.92 Å². The van der Waals surface area contributed by atoms with Crippen LogP contribution in [0.4, 0.5) is 5.69 Å². The highest BCUT2D eigenvalue weighted by Gasteiger charge is 1.99. The van der Waals surface area contributed by atoms with E-state index in [0.29, 0.717) is 10.7 Å². The van der Waals surface area contributed by atoms with Crippen molar-refractivity contribution >= 4 is 28.8 Å². The summed E-state index contributed by atoms with van der Waals surface area (Å²) in [5, 5.41) is 0.522. The summed E-state index contributed by atoms with van der Waals surface area (Å²) in [5.74, 6) is 0. The van der Waals surface area contributed by atoms with Crippen LogP contribution in [0.2, 0.25) is 5.02 Å². The van der Waals surface area contributed by atoms with Gasteiger partial charge in [-0.2, -0.15) is 8.57 Å². The normalized spacial score (nSPS) is 9.27. The van der Waals surface area contributed by atoms with Gasteiger partial charge in [-0.25, -0.2) is 0 Å². The van der Waals surface area contributed by atoms with Gasteiger partial charge in [0, 0.05) is 0 Å². The van der Waals surface area contributed by atoms with Crippen molar-refractivity contribution in [3.8, 4) is 0 Å². The van der Waals surface area contributed by atoms with Crippen LogP contribution in [0.5, 0.6) is 0 Å². The third kappa shape index (κ3) is 1.88. The van der Waals surface area contributed by atoms with Crippen LogP contribution < -0.4 is 0 Å². The summed E-state index contributed by atoms with van der Waals surface area (Å²) < 4.78 is 13.7. The number of nitrogens with zero attached hydrogens (tertiary/aromatic N) is 1. The highest BCUT2D eigenvalue weighted by molar-refractivity contribution is 7.54. The first-order valence-electron chi connectivity index (χ1n) is 3.01. The van der Waals surface area contributed by atoms with Crippen LogP contribution in [-0.4, -0.2) is 4.21 Å². The topological polar surface area (TPSA) is 29.4 Å². The average molecular weight is 188 g/mol. The number of hydrogen-bond donors (Lipinski definition) is 0. The first-order valence-corrected chi connectivity index (χ1v) is 4.08. The molecule has 0 aliphatic rings. The van der Waals surface area contributed by atoms with Crippen molar-refractivity contribution in [2.45, 2.75) is 6.92 Å². The molecular weight excluding hydrogens is 182 g/mol. The summed E-state index contributed by atoms with van der Waals surface area (Å²) in [6, 6.07) is 5.40. The average Bonchev–Trinajstić information content (AvgIpc) is 1.97. The number of halogens is 1. The molecule has 0 unspecified atom stereocenters. The van der Waals surface area contributed by atoms with E-state index in [9.17, 15) is 4.21 Å². The molecule has 0 heterocycles. The molecule has 0 aliphatic carbocycles. The van der Waals surface area contributed by atoms with E-state index >= 15 is 0 Å². The Morgan fingerprint density at radius 1 is 1.55 bits per heavy atom. The molecule has 0 atom stereocenters. The van der Waals surface area contributed by atoms with Crippen molar-refractivity contribution in [2.75, 3.05) is 0 Å². The van der Waals surface area contributed by atoms with Gasteiger partial charge in [0.15, 0.2) is 0 Å². The number of benzene rings is 1. The Bertz CT molecular complexity index is 300. The van der Waals surface area contributed by atoms with Crippen molar-refractivity contribution < 1.29 is 4.21 Å². The lowest BCUT2D eigenvalue weighted by atomic mass is 10.2. The predicted molar refractivity (Wildman–Crippen MR) is 46.4 cm³/mol. The Morgan fingerprint density at radius 2 is 2.27 bits per heavy atom. The first-order chi connectivity index (χ1) is 5.25.